The van der Waals surface area contributed by atoms with Gasteiger partial charge in [-0.1, -0.05) is 6.92 Å². The summed E-state index contributed by atoms with van der Waals surface area (Å²) >= 11 is 0. The van der Waals surface area contributed by atoms with Crippen LogP contribution in [0.25, 0.3) is 0 Å². The van der Waals surface area contributed by atoms with Crippen molar-refractivity contribution < 1.29 is 28.3 Å². The lowest BCUT2D eigenvalue weighted by Crippen LogP contribution is -2.57. The smallest absolute Gasteiger partial charge is 0.306 e. The molecule has 0 aliphatic carbocycles. The largest absolute Gasteiger partial charge is 0.394 e. The van der Waals surface area contributed by atoms with Gasteiger partial charge in [0.15, 0.2) is 0 Å². The maximum atomic E-state index is 10.4. The molecular formula is C6H15NO6S. The summed E-state index contributed by atoms with van der Waals surface area (Å²) in [6.07, 6.45) is 0.187. The van der Waals surface area contributed by atoms with E-state index >= 15 is 0 Å². The average molecular weight is 229 g/mol. The van der Waals surface area contributed by atoms with Crippen LogP contribution in [0.15, 0.2) is 0 Å². The molecule has 86 valence electrons. The first-order valence-corrected chi connectivity index (χ1v) is 5.45. The van der Waals surface area contributed by atoms with Crippen LogP contribution in [0.2, 0.25) is 0 Å². The maximum absolute atomic E-state index is 10.4. The van der Waals surface area contributed by atoms with E-state index in [1.807, 2.05) is 5.32 Å². The third-order valence-corrected chi connectivity index (χ3v) is 2.68. The molecule has 0 aromatic rings. The van der Waals surface area contributed by atoms with Crippen molar-refractivity contribution in [3.05, 3.63) is 0 Å². The molecule has 0 aliphatic rings. The van der Waals surface area contributed by atoms with Gasteiger partial charge < -0.3 is 15.3 Å². The maximum Gasteiger partial charge on any atom is 0.306 e. The first-order valence-electron chi connectivity index (χ1n) is 3.95. The monoisotopic (exact) mass is 229 g/mol. The van der Waals surface area contributed by atoms with Crippen LogP contribution in [-0.4, -0.2) is 52.6 Å². The Hall–Kier alpha value is -0.250. The van der Waals surface area contributed by atoms with Crippen LogP contribution >= 0.6 is 0 Å². The van der Waals surface area contributed by atoms with Crippen LogP contribution in [0.3, 0.4) is 0 Å². The van der Waals surface area contributed by atoms with E-state index in [1.54, 1.807) is 6.92 Å². The second-order valence-corrected chi connectivity index (χ2v) is 4.44. The third-order valence-electron chi connectivity index (χ3n) is 1.99. The van der Waals surface area contributed by atoms with E-state index in [9.17, 15) is 8.42 Å². The van der Waals surface area contributed by atoms with Gasteiger partial charge in [0.25, 0.3) is 0 Å². The van der Waals surface area contributed by atoms with Gasteiger partial charge in [0.1, 0.15) is 0 Å². The van der Waals surface area contributed by atoms with E-state index in [0.29, 0.717) is 0 Å². The molecule has 0 saturated carbocycles. The normalized spacial score (nSPS) is 15.5. The molecule has 0 aromatic carbocycles. The number of aliphatic hydroxyl groups is 3. The molecule has 1 atom stereocenters. The molecule has 14 heavy (non-hydrogen) atoms. The Labute approximate surface area is 82.1 Å². The quantitative estimate of drug-likeness (QED) is 0.260. The van der Waals surface area contributed by atoms with Gasteiger partial charge in [0.05, 0.1) is 18.8 Å². The van der Waals surface area contributed by atoms with Crippen molar-refractivity contribution in [2.75, 3.05) is 13.2 Å². The molecular weight excluding hydrogens is 214 g/mol. The van der Waals surface area contributed by atoms with E-state index in [2.05, 4.69) is 0 Å². The molecule has 0 aromatic heterocycles. The lowest BCUT2D eigenvalue weighted by atomic mass is 9.99. The van der Waals surface area contributed by atoms with Gasteiger partial charge in [0.2, 0.25) is 5.56 Å². The molecule has 0 saturated heterocycles. The van der Waals surface area contributed by atoms with Crippen molar-refractivity contribution in [1.29, 1.82) is 0 Å². The topological polar surface area (TPSA) is 127 Å². The second kappa shape index (κ2) is 5.01. The molecule has 5 N–H and O–H groups in total. The Kier molecular flexibility index (Phi) is 4.92. The minimum atomic E-state index is -4.64. The summed E-state index contributed by atoms with van der Waals surface area (Å²) in [6.45, 7) is 0.454. The number of rotatable bonds is 6. The number of hydrogen-bond acceptors (Lipinski definition) is 6. The fraction of sp³-hybridized carbons (Fsp3) is 1.00. The van der Waals surface area contributed by atoms with E-state index in [-0.39, 0.29) is 6.42 Å². The molecule has 0 fully saturated rings. The fourth-order valence-electron chi connectivity index (χ4n) is 0.803. The Morgan fingerprint density at radius 2 is 1.79 bits per heavy atom. The molecule has 0 radical (unpaired) electrons. The lowest BCUT2D eigenvalue weighted by Gasteiger charge is -2.31. The summed E-state index contributed by atoms with van der Waals surface area (Å²) in [6, 6.07) is 0. The Morgan fingerprint density at radius 3 is 2.00 bits per heavy atom. The summed E-state index contributed by atoms with van der Waals surface area (Å²) < 4.78 is 29.3. The van der Waals surface area contributed by atoms with Gasteiger partial charge >= 0.3 is 10.1 Å². The van der Waals surface area contributed by atoms with Crippen molar-refractivity contribution in [3.8, 4) is 0 Å². The minimum Gasteiger partial charge on any atom is -0.394 e. The zero-order valence-corrected chi connectivity index (χ0v) is 8.53. The highest BCUT2D eigenvalue weighted by atomic mass is 32.2. The van der Waals surface area contributed by atoms with Crippen molar-refractivity contribution in [2.45, 2.75) is 24.4 Å². The predicted octanol–water partition coefficient (Wildman–Crippen LogP) is -2.13. The molecule has 7 nitrogen and oxygen atoms in total. The van der Waals surface area contributed by atoms with Gasteiger partial charge in [0, 0.05) is 0 Å². The molecule has 0 heterocycles. The van der Waals surface area contributed by atoms with Gasteiger partial charge in [-0.2, -0.15) is 8.42 Å². The summed E-state index contributed by atoms with van der Waals surface area (Å²) in [5.74, 6) is 0. The zero-order chi connectivity index (χ0) is 11.4. The Bertz CT molecular complexity index is 251. The van der Waals surface area contributed by atoms with Crippen molar-refractivity contribution in [3.63, 3.8) is 0 Å². The van der Waals surface area contributed by atoms with Gasteiger partial charge in [-0.15, -0.1) is 0 Å². The Morgan fingerprint density at radius 1 is 1.36 bits per heavy atom. The van der Waals surface area contributed by atoms with Crippen molar-refractivity contribution in [1.82, 2.24) is 5.32 Å². The van der Waals surface area contributed by atoms with Gasteiger partial charge in [-0.25, -0.2) is 0 Å². The molecule has 8 heteroatoms. The van der Waals surface area contributed by atoms with Gasteiger partial charge in [-0.05, 0) is 6.42 Å². The zero-order valence-electron chi connectivity index (χ0n) is 7.71. The third kappa shape index (κ3) is 3.48. The number of hydrogen-bond donors (Lipinski definition) is 5. The molecule has 1 unspecified atom stereocenters. The summed E-state index contributed by atoms with van der Waals surface area (Å²) in [7, 11) is -4.64. The molecule has 0 bridgehead atoms. The summed E-state index contributed by atoms with van der Waals surface area (Å²) in [5, 5.41) is 28.7. The highest BCUT2D eigenvalue weighted by Crippen LogP contribution is 2.10. The van der Waals surface area contributed by atoms with Crippen molar-refractivity contribution >= 4 is 10.1 Å². The summed E-state index contributed by atoms with van der Waals surface area (Å²) in [4.78, 5) is 0. The van der Waals surface area contributed by atoms with Crippen LogP contribution in [0.1, 0.15) is 13.3 Å². The highest BCUT2D eigenvalue weighted by Gasteiger charge is 2.33. The standard InChI is InChI=1S/C6H15NO6S/c1-2-6(3-8,4-9)7-5(10)14(11,12)13/h5,7-10H,2-4H2,1H3,(H,11,12,13). The molecule has 0 spiro atoms. The van der Waals surface area contributed by atoms with Gasteiger partial charge in [-0.3, -0.25) is 9.87 Å². The average Bonchev–Trinajstić information content (AvgIpc) is 2.12. The predicted molar refractivity (Wildman–Crippen MR) is 47.9 cm³/mol. The van der Waals surface area contributed by atoms with E-state index < -0.39 is 34.4 Å². The van der Waals surface area contributed by atoms with E-state index in [1.165, 1.54) is 0 Å². The van der Waals surface area contributed by atoms with Crippen LogP contribution in [-0.2, 0) is 10.1 Å². The van der Waals surface area contributed by atoms with Crippen LogP contribution in [0.4, 0.5) is 0 Å². The number of nitrogens with one attached hydrogen (secondary N) is 1. The molecule has 0 amide bonds. The first-order chi connectivity index (χ1) is 6.31. The van der Waals surface area contributed by atoms with E-state index in [4.69, 9.17) is 19.9 Å². The van der Waals surface area contributed by atoms with Crippen LogP contribution < -0.4 is 5.32 Å². The van der Waals surface area contributed by atoms with E-state index in [0.717, 1.165) is 0 Å². The number of aliphatic hydroxyl groups excluding tert-OH is 3. The molecule has 0 aliphatic heterocycles. The van der Waals surface area contributed by atoms with Crippen LogP contribution in [0, 0.1) is 0 Å². The Balaban J connectivity index is 4.61. The van der Waals surface area contributed by atoms with Crippen LogP contribution in [0.5, 0.6) is 0 Å². The first kappa shape index (κ1) is 13.8. The SMILES string of the molecule is CCC(CO)(CO)NC(O)S(=O)(=O)O. The molecule has 0 rings (SSSR count). The van der Waals surface area contributed by atoms with Crippen molar-refractivity contribution in [2.24, 2.45) is 0 Å². The summed E-state index contributed by atoms with van der Waals surface area (Å²) in [5.41, 5.74) is -3.54. The fourth-order valence-corrected chi connectivity index (χ4v) is 1.20. The minimum absolute atomic E-state index is 0.187. The second-order valence-electron chi connectivity index (χ2n) is 2.96. The highest BCUT2D eigenvalue weighted by molar-refractivity contribution is 7.86. The lowest BCUT2D eigenvalue weighted by molar-refractivity contribution is 0.0487.